The summed E-state index contributed by atoms with van der Waals surface area (Å²) in [6.45, 7) is 3.30. The molecule has 0 bridgehead atoms. The average molecular weight is 282 g/mol. The van der Waals surface area contributed by atoms with E-state index in [2.05, 4.69) is 5.32 Å². The maximum atomic E-state index is 11.6. The number of carboxylic acid groups (broad SMARTS) is 1. The number of carbonyl (C=O) groups is 4. The van der Waals surface area contributed by atoms with E-state index in [9.17, 15) is 19.2 Å². The fraction of sp³-hybridized carbons (Fsp3) is 0.538. The van der Waals surface area contributed by atoms with Crippen LogP contribution in [0.4, 0.5) is 0 Å². The van der Waals surface area contributed by atoms with Crippen LogP contribution in [0.2, 0.25) is 0 Å². The molecule has 2 N–H and O–H groups in total. The van der Waals surface area contributed by atoms with Crippen molar-refractivity contribution in [2.24, 2.45) is 0 Å². The van der Waals surface area contributed by atoms with E-state index < -0.39 is 29.7 Å². The van der Waals surface area contributed by atoms with Gasteiger partial charge in [0.25, 0.3) is 11.8 Å². The number of amides is 3. The van der Waals surface area contributed by atoms with Crippen LogP contribution in [0.3, 0.4) is 0 Å². The molecule has 1 aliphatic heterocycles. The van der Waals surface area contributed by atoms with Gasteiger partial charge in [-0.25, -0.2) is 4.79 Å². The van der Waals surface area contributed by atoms with Crippen molar-refractivity contribution in [3.05, 3.63) is 11.6 Å². The Morgan fingerprint density at radius 1 is 1.40 bits per heavy atom. The van der Waals surface area contributed by atoms with Crippen molar-refractivity contribution in [1.29, 1.82) is 0 Å². The van der Waals surface area contributed by atoms with Gasteiger partial charge in [0.2, 0.25) is 5.91 Å². The predicted octanol–water partition coefficient (Wildman–Crippen LogP) is 0.0611. The molecule has 0 aromatic heterocycles. The number of imide groups is 1. The lowest BCUT2D eigenvalue weighted by Gasteiger charge is -2.16. The van der Waals surface area contributed by atoms with Crippen LogP contribution in [0.25, 0.3) is 0 Å². The quantitative estimate of drug-likeness (QED) is 0.643. The molecule has 1 unspecified atom stereocenters. The van der Waals surface area contributed by atoms with Crippen LogP contribution in [-0.2, 0) is 19.2 Å². The van der Waals surface area contributed by atoms with Crippen molar-refractivity contribution in [1.82, 2.24) is 10.2 Å². The molecule has 1 rings (SSSR count). The summed E-state index contributed by atoms with van der Waals surface area (Å²) in [5.41, 5.74) is 0.338. The molecule has 110 valence electrons. The minimum absolute atomic E-state index is 0.0458. The third-order valence-corrected chi connectivity index (χ3v) is 2.96. The molecule has 1 atom stereocenters. The fourth-order valence-corrected chi connectivity index (χ4v) is 1.88. The highest BCUT2D eigenvalue weighted by molar-refractivity contribution is 6.16. The Labute approximate surface area is 116 Å². The molecule has 20 heavy (non-hydrogen) atoms. The normalized spacial score (nSPS) is 16.1. The number of carbonyl (C=O) groups excluding carboxylic acids is 3. The van der Waals surface area contributed by atoms with Crippen molar-refractivity contribution in [2.45, 2.75) is 39.2 Å². The number of carboxylic acids is 1. The smallest absolute Gasteiger partial charge is 0.326 e. The fourth-order valence-electron chi connectivity index (χ4n) is 1.88. The lowest BCUT2D eigenvalue weighted by atomic mass is 10.1. The summed E-state index contributed by atoms with van der Waals surface area (Å²) in [5, 5.41) is 11.3. The third kappa shape index (κ3) is 3.91. The van der Waals surface area contributed by atoms with Crippen LogP contribution < -0.4 is 5.32 Å². The van der Waals surface area contributed by atoms with Crippen LogP contribution in [-0.4, -0.2) is 46.3 Å². The summed E-state index contributed by atoms with van der Waals surface area (Å²) in [6, 6.07) is -0.933. The lowest BCUT2D eigenvalue weighted by molar-refractivity contribution is -0.143. The molecule has 1 heterocycles. The number of nitrogens with zero attached hydrogens (tertiary/aromatic N) is 1. The predicted molar refractivity (Wildman–Crippen MR) is 69.6 cm³/mol. The summed E-state index contributed by atoms with van der Waals surface area (Å²) < 4.78 is 0. The zero-order valence-electron chi connectivity index (χ0n) is 11.5. The molecule has 7 heteroatoms. The maximum absolute atomic E-state index is 11.6. The highest BCUT2D eigenvalue weighted by Crippen LogP contribution is 2.12. The Bertz CT molecular complexity index is 469. The Morgan fingerprint density at radius 2 is 2.05 bits per heavy atom. The Balaban J connectivity index is 2.46. The Morgan fingerprint density at radius 3 is 2.50 bits per heavy atom. The molecular weight excluding hydrogens is 264 g/mol. The van der Waals surface area contributed by atoms with Crippen LogP contribution in [0.5, 0.6) is 0 Å². The van der Waals surface area contributed by atoms with Crippen LogP contribution in [0.1, 0.15) is 33.1 Å². The Hall–Kier alpha value is -2.18. The SMILES string of the molecule is CCCC(NC(=O)CCN1C(=O)C=C(C)C1=O)C(=O)O. The van der Waals surface area contributed by atoms with Gasteiger partial charge in [0.15, 0.2) is 0 Å². The van der Waals surface area contributed by atoms with Gasteiger partial charge < -0.3 is 10.4 Å². The van der Waals surface area contributed by atoms with Gasteiger partial charge in [-0.3, -0.25) is 19.3 Å². The molecule has 1 aliphatic rings. The molecule has 7 nitrogen and oxygen atoms in total. The summed E-state index contributed by atoms with van der Waals surface area (Å²) in [7, 11) is 0. The zero-order chi connectivity index (χ0) is 15.3. The van der Waals surface area contributed by atoms with Gasteiger partial charge in [-0.2, -0.15) is 0 Å². The molecule has 3 amide bonds. The average Bonchev–Trinajstić information content (AvgIpc) is 2.60. The highest BCUT2D eigenvalue weighted by atomic mass is 16.4. The van der Waals surface area contributed by atoms with Gasteiger partial charge in [0, 0.05) is 24.6 Å². The topological polar surface area (TPSA) is 104 Å². The number of nitrogens with one attached hydrogen (secondary N) is 1. The van der Waals surface area contributed by atoms with Crippen LogP contribution in [0, 0.1) is 0 Å². The second-order valence-corrected chi connectivity index (χ2v) is 4.62. The number of hydrogen-bond acceptors (Lipinski definition) is 4. The molecule has 0 spiro atoms. The van der Waals surface area contributed by atoms with Gasteiger partial charge >= 0.3 is 5.97 Å². The van der Waals surface area contributed by atoms with Crippen molar-refractivity contribution < 1.29 is 24.3 Å². The van der Waals surface area contributed by atoms with Crippen LogP contribution >= 0.6 is 0 Å². The minimum atomic E-state index is -1.09. The zero-order valence-corrected chi connectivity index (χ0v) is 11.5. The van der Waals surface area contributed by atoms with Crippen molar-refractivity contribution in [3.63, 3.8) is 0 Å². The first-order valence-electron chi connectivity index (χ1n) is 6.43. The highest BCUT2D eigenvalue weighted by Gasteiger charge is 2.28. The number of aliphatic carboxylic acids is 1. The van der Waals surface area contributed by atoms with E-state index in [1.807, 2.05) is 6.92 Å². The first-order chi connectivity index (χ1) is 9.36. The number of hydrogen-bond donors (Lipinski definition) is 2. The summed E-state index contributed by atoms with van der Waals surface area (Å²) in [6.07, 6.45) is 2.08. The maximum Gasteiger partial charge on any atom is 0.326 e. The van der Waals surface area contributed by atoms with E-state index in [0.717, 1.165) is 4.90 Å². The third-order valence-electron chi connectivity index (χ3n) is 2.96. The van der Waals surface area contributed by atoms with E-state index in [1.165, 1.54) is 13.0 Å². The van der Waals surface area contributed by atoms with E-state index >= 15 is 0 Å². The first-order valence-corrected chi connectivity index (χ1v) is 6.43. The van der Waals surface area contributed by atoms with E-state index in [-0.39, 0.29) is 13.0 Å². The first kappa shape index (κ1) is 15.9. The van der Waals surface area contributed by atoms with Crippen molar-refractivity contribution in [2.75, 3.05) is 6.54 Å². The van der Waals surface area contributed by atoms with Gasteiger partial charge in [-0.15, -0.1) is 0 Å². The van der Waals surface area contributed by atoms with E-state index in [4.69, 9.17) is 5.11 Å². The summed E-state index contributed by atoms with van der Waals surface area (Å²) in [5.74, 6) is -2.43. The molecule has 0 aromatic rings. The van der Waals surface area contributed by atoms with Gasteiger partial charge in [-0.1, -0.05) is 13.3 Å². The molecule has 0 aromatic carbocycles. The van der Waals surface area contributed by atoms with E-state index in [0.29, 0.717) is 18.4 Å². The largest absolute Gasteiger partial charge is 0.480 e. The van der Waals surface area contributed by atoms with Gasteiger partial charge in [0.1, 0.15) is 6.04 Å². The second-order valence-electron chi connectivity index (χ2n) is 4.62. The van der Waals surface area contributed by atoms with Crippen molar-refractivity contribution >= 4 is 23.7 Å². The van der Waals surface area contributed by atoms with Gasteiger partial charge in [-0.05, 0) is 13.3 Å². The number of rotatable bonds is 7. The Kier molecular flexibility index (Phi) is 5.42. The summed E-state index contributed by atoms with van der Waals surface area (Å²) >= 11 is 0. The standard InChI is InChI=1S/C13H18N2O5/c1-3-4-9(13(19)20)14-10(16)5-6-15-11(17)7-8(2)12(15)18/h7,9H,3-6H2,1-2H3,(H,14,16)(H,19,20). The van der Waals surface area contributed by atoms with E-state index in [1.54, 1.807) is 0 Å². The monoisotopic (exact) mass is 282 g/mol. The molecule has 0 aliphatic carbocycles. The molecule has 0 saturated heterocycles. The minimum Gasteiger partial charge on any atom is -0.480 e. The molecular formula is C13H18N2O5. The van der Waals surface area contributed by atoms with Gasteiger partial charge in [0.05, 0.1) is 0 Å². The molecule has 0 radical (unpaired) electrons. The molecule has 0 fully saturated rings. The van der Waals surface area contributed by atoms with Crippen LogP contribution in [0.15, 0.2) is 11.6 Å². The summed E-state index contributed by atoms with van der Waals surface area (Å²) in [4.78, 5) is 46.5. The molecule has 0 saturated carbocycles. The lowest BCUT2D eigenvalue weighted by Crippen LogP contribution is -2.42. The second kappa shape index (κ2) is 6.83. The van der Waals surface area contributed by atoms with Crippen molar-refractivity contribution in [3.8, 4) is 0 Å².